The average molecular weight is 433 g/mol. The highest BCUT2D eigenvalue weighted by Crippen LogP contribution is 2.13. The zero-order valence-electron chi connectivity index (χ0n) is 18.4. The molecule has 9 nitrogen and oxygen atoms in total. The Kier molecular flexibility index (Phi) is 10.1. The SMILES string of the molecule is COc1cccc(COC[C@@H](C#N)NC(=O)[C@H](CC(C)C)NC(=O)N2CCOCC2)c1. The van der Waals surface area contributed by atoms with E-state index in [-0.39, 0.29) is 25.2 Å². The molecule has 2 atom stereocenters. The van der Waals surface area contributed by atoms with Crippen LogP contribution in [0.1, 0.15) is 25.8 Å². The summed E-state index contributed by atoms with van der Waals surface area (Å²) in [5, 5.41) is 14.9. The highest BCUT2D eigenvalue weighted by molar-refractivity contribution is 5.87. The first-order chi connectivity index (χ1) is 14.9. The Morgan fingerprint density at radius 2 is 2.00 bits per heavy atom. The number of nitrogens with one attached hydrogen (secondary N) is 2. The molecule has 0 unspecified atom stereocenters. The summed E-state index contributed by atoms with van der Waals surface area (Å²) in [6.45, 7) is 6.20. The van der Waals surface area contributed by atoms with Crippen molar-refractivity contribution in [2.24, 2.45) is 5.92 Å². The number of carbonyl (C=O) groups is 2. The lowest BCUT2D eigenvalue weighted by Crippen LogP contribution is -2.55. The molecule has 170 valence electrons. The third-order valence-electron chi connectivity index (χ3n) is 4.78. The van der Waals surface area contributed by atoms with E-state index in [0.29, 0.717) is 32.7 Å². The van der Waals surface area contributed by atoms with Crippen LogP contribution in [0, 0.1) is 17.2 Å². The number of ether oxygens (including phenoxy) is 3. The molecule has 0 radical (unpaired) electrons. The molecule has 0 saturated carbocycles. The summed E-state index contributed by atoms with van der Waals surface area (Å²) in [5.41, 5.74) is 0.901. The number of nitrogens with zero attached hydrogens (tertiary/aromatic N) is 2. The summed E-state index contributed by atoms with van der Waals surface area (Å²) < 4.78 is 16.0. The molecule has 2 N–H and O–H groups in total. The third-order valence-corrected chi connectivity index (χ3v) is 4.78. The Balaban J connectivity index is 1.88. The minimum Gasteiger partial charge on any atom is -0.497 e. The predicted molar refractivity (Wildman–Crippen MR) is 114 cm³/mol. The quantitative estimate of drug-likeness (QED) is 0.582. The van der Waals surface area contributed by atoms with Gasteiger partial charge in [-0.15, -0.1) is 0 Å². The maximum Gasteiger partial charge on any atom is 0.318 e. The van der Waals surface area contributed by atoms with E-state index in [4.69, 9.17) is 14.2 Å². The van der Waals surface area contributed by atoms with Gasteiger partial charge in [-0.05, 0) is 30.0 Å². The summed E-state index contributed by atoms with van der Waals surface area (Å²) in [5.74, 6) is 0.510. The molecule has 0 aliphatic carbocycles. The molecule has 31 heavy (non-hydrogen) atoms. The molecule has 3 amide bonds. The van der Waals surface area contributed by atoms with Crippen LogP contribution in [-0.2, 0) is 20.9 Å². The molecule has 1 aromatic rings. The van der Waals surface area contributed by atoms with Crippen LogP contribution in [0.25, 0.3) is 0 Å². The minimum absolute atomic E-state index is 0.0330. The van der Waals surface area contributed by atoms with Gasteiger partial charge in [0.05, 0.1) is 39.6 Å². The number of hydrogen-bond acceptors (Lipinski definition) is 6. The molecule has 0 spiro atoms. The number of hydrogen-bond donors (Lipinski definition) is 2. The molecule has 1 aliphatic rings. The third kappa shape index (κ3) is 8.44. The van der Waals surface area contributed by atoms with Crippen LogP contribution in [0.15, 0.2) is 24.3 Å². The monoisotopic (exact) mass is 432 g/mol. The largest absolute Gasteiger partial charge is 0.497 e. The van der Waals surface area contributed by atoms with E-state index < -0.39 is 18.0 Å². The fourth-order valence-corrected chi connectivity index (χ4v) is 3.15. The topological polar surface area (TPSA) is 113 Å². The Labute approximate surface area is 183 Å². The van der Waals surface area contributed by atoms with Crippen molar-refractivity contribution >= 4 is 11.9 Å². The van der Waals surface area contributed by atoms with E-state index in [1.165, 1.54) is 0 Å². The molecule has 0 aromatic heterocycles. The van der Waals surface area contributed by atoms with Crippen molar-refractivity contribution in [2.45, 2.75) is 39.0 Å². The standard InChI is InChI=1S/C22H32N4O5/c1-16(2)11-20(25-22(28)26-7-9-30-10-8-26)21(27)24-18(13-23)15-31-14-17-5-4-6-19(12-17)29-3/h4-6,12,16,18,20H,7-11,14-15H2,1-3H3,(H,24,27)(H,25,28)/t18-,20+/m1/s1. The van der Waals surface area contributed by atoms with E-state index in [0.717, 1.165) is 11.3 Å². The second-order valence-electron chi connectivity index (χ2n) is 7.79. The number of morpholine rings is 1. The number of methoxy groups -OCH3 is 1. The zero-order chi connectivity index (χ0) is 22.6. The second-order valence-corrected chi connectivity index (χ2v) is 7.79. The van der Waals surface area contributed by atoms with Gasteiger partial charge in [0, 0.05) is 13.1 Å². The van der Waals surface area contributed by atoms with E-state index in [1.807, 2.05) is 44.2 Å². The smallest absolute Gasteiger partial charge is 0.318 e. The lowest BCUT2D eigenvalue weighted by molar-refractivity contribution is -0.124. The van der Waals surface area contributed by atoms with E-state index in [9.17, 15) is 14.9 Å². The van der Waals surface area contributed by atoms with Crippen molar-refractivity contribution in [3.05, 3.63) is 29.8 Å². The van der Waals surface area contributed by atoms with Crippen molar-refractivity contribution in [1.82, 2.24) is 15.5 Å². The van der Waals surface area contributed by atoms with Crippen LogP contribution in [0.4, 0.5) is 4.79 Å². The molecule has 1 saturated heterocycles. The van der Waals surface area contributed by atoms with Gasteiger partial charge in [0.15, 0.2) is 0 Å². The predicted octanol–water partition coefficient (Wildman–Crippen LogP) is 1.68. The van der Waals surface area contributed by atoms with Crippen molar-refractivity contribution in [1.29, 1.82) is 5.26 Å². The lowest BCUT2D eigenvalue weighted by atomic mass is 10.0. The highest BCUT2D eigenvalue weighted by atomic mass is 16.5. The normalized spacial score (nSPS) is 15.6. The average Bonchev–Trinajstić information content (AvgIpc) is 2.78. The summed E-state index contributed by atoms with van der Waals surface area (Å²) in [6.07, 6.45) is 0.463. The van der Waals surface area contributed by atoms with Crippen LogP contribution >= 0.6 is 0 Å². The molecule has 1 fully saturated rings. The first-order valence-corrected chi connectivity index (χ1v) is 10.5. The molecule has 2 rings (SSSR count). The van der Waals surface area contributed by atoms with Gasteiger partial charge >= 0.3 is 6.03 Å². The van der Waals surface area contributed by atoms with Gasteiger partial charge in [-0.25, -0.2) is 4.79 Å². The number of nitriles is 1. The maximum absolute atomic E-state index is 12.8. The van der Waals surface area contributed by atoms with E-state index in [1.54, 1.807) is 12.0 Å². The van der Waals surface area contributed by atoms with Crippen LogP contribution in [0.2, 0.25) is 0 Å². The van der Waals surface area contributed by atoms with Crippen LogP contribution < -0.4 is 15.4 Å². The molecule has 1 heterocycles. The number of rotatable bonds is 10. The van der Waals surface area contributed by atoms with Gasteiger partial charge in [0.1, 0.15) is 17.8 Å². The van der Waals surface area contributed by atoms with Crippen LogP contribution in [0.5, 0.6) is 5.75 Å². The van der Waals surface area contributed by atoms with Gasteiger partial charge in [-0.1, -0.05) is 26.0 Å². The minimum atomic E-state index is -0.826. The first kappa shape index (κ1) is 24.4. The van der Waals surface area contributed by atoms with Gasteiger partial charge in [0.25, 0.3) is 0 Å². The number of amides is 3. The fourth-order valence-electron chi connectivity index (χ4n) is 3.15. The molecular weight excluding hydrogens is 400 g/mol. The summed E-state index contributed by atoms with van der Waals surface area (Å²) >= 11 is 0. The fraction of sp³-hybridized carbons (Fsp3) is 0.591. The van der Waals surface area contributed by atoms with Gasteiger partial charge < -0.3 is 29.7 Å². The van der Waals surface area contributed by atoms with Crippen molar-refractivity contribution < 1.29 is 23.8 Å². The Morgan fingerprint density at radius 1 is 1.26 bits per heavy atom. The van der Waals surface area contributed by atoms with Crippen molar-refractivity contribution in [2.75, 3.05) is 40.0 Å². The number of carbonyl (C=O) groups excluding carboxylic acids is 2. The number of benzene rings is 1. The van der Waals surface area contributed by atoms with Crippen LogP contribution in [0.3, 0.4) is 0 Å². The summed E-state index contributed by atoms with van der Waals surface area (Å²) in [6, 6.07) is 7.62. The van der Waals surface area contributed by atoms with E-state index in [2.05, 4.69) is 10.6 Å². The van der Waals surface area contributed by atoms with Crippen molar-refractivity contribution in [3.63, 3.8) is 0 Å². The van der Waals surface area contributed by atoms with Gasteiger partial charge in [-0.3, -0.25) is 4.79 Å². The van der Waals surface area contributed by atoms with Gasteiger partial charge in [-0.2, -0.15) is 5.26 Å². The Bertz CT molecular complexity index is 759. The second kappa shape index (κ2) is 12.8. The molecule has 1 aromatic carbocycles. The summed E-state index contributed by atoms with van der Waals surface area (Å²) in [7, 11) is 1.59. The lowest BCUT2D eigenvalue weighted by Gasteiger charge is -2.29. The molecular formula is C22H32N4O5. The summed E-state index contributed by atoms with van der Waals surface area (Å²) in [4.78, 5) is 26.9. The maximum atomic E-state index is 12.8. The Hall–Kier alpha value is -2.83. The Morgan fingerprint density at radius 3 is 2.65 bits per heavy atom. The van der Waals surface area contributed by atoms with Gasteiger partial charge in [0.2, 0.25) is 5.91 Å². The van der Waals surface area contributed by atoms with E-state index >= 15 is 0 Å². The molecule has 9 heteroatoms. The highest BCUT2D eigenvalue weighted by Gasteiger charge is 2.27. The molecule has 0 bridgehead atoms. The van der Waals surface area contributed by atoms with Crippen LogP contribution in [-0.4, -0.2) is 68.9 Å². The zero-order valence-corrected chi connectivity index (χ0v) is 18.4. The van der Waals surface area contributed by atoms with Crippen molar-refractivity contribution in [3.8, 4) is 11.8 Å². The first-order valence-electron chi connectivity index (χ1n) is 10.5. The molecule has 1 aliphatic heterocycles. The number of urea groups is 1.